The SMILES string of the molecule is Cc1ccc(C(O)=C2C(=O)C(=O)N(CCCN3CCOCC3)[C@@H]2c2ccc(OC(C)C)cc2)cc1. The zero-order valence-electron chi connectivity index (χ0n) is 20.7. The van der Waals surface area contributed by atoms with E-state index in [9.17, 15) is 14.7 Å². The predicted molar refractivity (Wildman–Crippen MR) is 134 cm³/mol. The molecule has 35 heavy (non-hydrogen) atoms. The summed E-state index contributed by atoms with van der Waals surface area (Å²) in [5.41, 5.74) is 2.46. The smallest absolute Gasteiger partial charge is 0.295 e. The summed E-state index contributed by atoms with van der Waals surface area (Å²) in [6.45, 7) is 10.3. The topological polar surface area (TPSA) is 79.3 Å². The van der Waals surface area contributed by atoms with Gasteiger partial charge in [-0.15, -0.1) is 0 Å². The molecule has 1 atom stereocenters. The number of carbonyl (C=O) groups excluding carboxylic acids is 2. The first-order valence-electron chi connectivity index (χ1n) is 12.3. The molecular weight excluding hydrogens is 444 g/mol. The van der Waals surface area contributed by atoms with E-state index in [1.54, 1.807) is 17.0 Å². The molecule has 4 rings (SSSR count). The minimum atomic E-state index is -0.658. The standard InChI is InChI=1S/C28H34N2O5/c1-19(2)35-23-11-9-21(10-12-23)25-24(26(31)22-7-5-20(3)6-8-22)27(32)28(33)30(25)14-4-13-29-15-17-34-18-16-29/h5-12,19,25,31H,4,13-18H2,1-3H3/t25-/m1/s1. The van der Waals surface area contributed by atoms with Gasteiger partial charge in [0.15, 0.2) is 0 Å². The first-order valence-corrected chi connectivity index (χ1v) is 12.3. The lowest BCUT2D eigenvalue weighted by atomic mass is 9.95. The van der Waals surface area contributed by atoms with Gasteiger partial charge in [-0.1, -0.05) is 42.0 Å². The highest BCUT2D eigenvalue weighted by Gasteiger charge is 2.45. The van der Waals surface area contributed by atoms with Gasteiger partial charge in [0.25, 0.3) is 11.7 Å². The van der Waals surface area contributed by atoms with Crippen molar-refractivity contribution in [2.45, 2.75) is 39.3 Å². The number of ether oxygens (including phenoxy) is 2. The van der Waals surface area contributed by atoms with Crippen molar-refractivity contribution in [3.63, 3.8) is 0 Å². The fourth-order valence-electron chi connectivity index (χ4n) is 4.61. The zero-order valence-corrected chi connectivity index (χ0v) is 20.7. The van der Waals surface area contributed by atoms with Gasteiger partial charge in [0.1, 0.15) is 11.5 Å². The quantitative estimate of drug-likeness (QED) is 0.352. The number of nitrogens with zero attached hydrogens (tertiary/aromatic N) is 2. The van der Waals surface area contributed by atoms with Gasteiger partial charge in [-0.05, 0) is 44.9 Å². The summed E-state index contributed by atoms with van der Waals surface area (Å²) in [6.07, 6.45) is 0.760. The van der Waals surface area contributed by atoms with E-state index in [0.29, 0.717) is 31.1 Å². The number of aryl methyl sites for hydroxylation is 1. The second-order valence-electron chi connectivity index (χ2n) is 9.40. The maximum absolute atomic E-state index is 13.2. The van der Waals surface area contributed by atoms with Gasteiger partial charge >= 0.3 is 0 Å². The van der Waals surface area contributed by atoms with Crippen molar-refractivity contribution in [1.82, 2.24) is 9.80 Å². The van der Waals surface area contributed by atoms with Crippen LogP contribution in [-0.4, -0.2) is 72.1 Å². The van der Waals surface area contributed by atoms with Crippen molar-refractivity contribution in [3.05, 3.63) is 70.8 Å². The van der Waals surface area contributed by atoms with Gasteiger partial charge in [0.2, 0.25) is 0 Å². The van der Waals surface area contributed by atoms with E-state index in [1.165, 1.54) is 0 Å². The van der Waals surface area contributed by atoms with Crippen LogP contribution in [0.15, 0.2) is 54.1 Å². The normalized spacial score (nSPS) is 20.6. The largest absolute Gasteiger partial charge is 0.507 e. The lowest BCUT2D eigenvalue weighted by molar-refractivity contribution is -0.140. The number of Topliss-reactive ketones (excluding diaryl/α,β-unsaturated/α-hetero) is 1. The number of benzene rings is 2. The third-order valence-corrected chi connectivity index (χ3v) is 6.41. The third kappa shape index (κ3) is 5.74. The van der Waals surface area contributed by atoms with Crippen LogP contribution in [0.5, 0.6) is 5.75 Å². The average Bonchev–Trinajstić information content (AvgIpc) is 3.10. The molecule has 2 aliphatic rings. The Morgan fingerprint density at radius 1 is 1.03 bits per heavy atom. The van der Waals surface area contributed by atoms with E-state index >= 15 is 0 Å². The van der Waals surface area contributed by atoms with Crippen LogP contribution < -0.4 is 4.74 Å². The fraction of sp³-hybridized carbons (Fsp3) is 0.429. The number of hydrogen-bond donors (Lipinski definition) is 1. The number of carbonyl (C=O) groups is 2. The highest BCUT2D eigenvalue weighted by molar-refractivity contribution is 6.46. The molecule has 7 heteroatoms. The number of amides is 1. The number of ketones is 1. The maximum Gasteiger partial charge on any atom is 0.295 e. The number of rotatable bonds is 8. The molecule has 2 aliphatic heterocycles. The molecule has 0 bridgehead atoms. The van der Waals surface area contributed by atoms with Crippen molar-refractivity contribution in [1.29, 1.82) is 0 Å². The molecule has 2 fully saturated rings. The van der Waals surface area contributed by atoms with Crippen molar-refractivity contribution in [2.75, 3.05) is 39.4 Å². The van der Waals surface area contributed by atoms with Gasteiger partial charge in [-0.2, -0.15) is 0 Å². The number of aliphatic hydroxyl groups excluding tert-OH is 1. The minimum Gasteiger partial charge on any atom is -0.507 e. The Hall–Kier alpha value is -3.16. The van der Waals surface area contributed by atoms with Gasteiger partial charge in [0.05, 0.1) is 30.9 Å². The number of hydrogen-bond acceptors (Lipinski definition) is 6. The van der Waals surface area contributed by atoms with Crippen LogP contribution in [0.2, 0.25) is 0 Å². The van der Waals surface area contributed by atoms with E-state index in [-0.39, 0.29) is 17.4 Å². The van der Waals surface area contributed by atoms with E-state index in [0.717, 1.165) is 37.2 Å². The summed E-state index contributed by atoms with van der Waals surface area (Å²) in [6, 6.07) is 14.1. The maximum atomic E-state index is 13.2. The van der Waals surface area contributed by atoms with Crippen molar-refractivity contribution in [2.24, 2.45) is 0 Å². The van der Waals surface area contributed by atoms with Crippen molar-refractivity contribution in [3.8, 4) is 5.75 Å². The molecule has 2 heterocycles. The van der Waals surface area contributed by atoms with Crippen LogP contribution in [0.25, 0.3) is 5.76 Å². The van der Waals surface area contributed by atoms with E-state index < -0.39 is 17.7 Å². The molecular formula is C28H34N2O5. The van der Waals surface area contributed by atoms with E-state index in [2.05, 4.69) is 4.90 Å². The second kappa shape index (κ2) is 11.1. The van der Waals surface area contributed by atoms with Gasteiger partial charge < -0.3 is 19.5 Å². The van der Waals surface area contributed by atoms with Crippen LogP contribution in [0.1, 0.15) is 43.0 Å². The van der Waals surface area contributed by atoms with Crippen LogP contribution in [-0.2, 0) is 14.3 Å². The van der Waals surface area contributed by atoms with Crippen LogP contribution >= 0.6 is 0 Å². The molecule has 186 valence electrons. The van der Waals surface area contributed by atoms with Crippen LogP contribution in [0, 0.1) is 6.92 Å². The lowest BCUT2D eigenvalue weighted by Crippen LogP contribution is -2.38. The summed E-state index contributed by atoms with van der Waals surface area (Å²) in [5, 5.41) is 11.2. The molecule has 0 unspecified atom stereocenters. The monoisotopic (exact) mass is 478 g/mol. The molecule has 1 amide bonds. The summed E-state index contributed by atoms with van der Waals surface area (Å²) in [4.78, 5) is 30.3. The third-order valence-electron chi connectivity index (χ3n) is 6.41. The Morgan fingerprint density at radius 3 is 2.31 bits per heavy atom. The zero-order chi connectivity index (χ0) is 24.9. The summed E-state index contributed by atoms with van der Waals surface area (Å²) in [5.74, 6) is -0.659. The van der Waals surface area contributed by atoms with E-state index in [1.807, 2.05) is 57.2 Å². The molecule has 0 saturated carbocycles. The van der Waals surface area contributed by atoms with Gasteiger partial charge in [-0.25, -0.2) is 0 Å². The van der Waals surface area contributed by atoms with Crippen LogP contribution in [0.3, 0.4) is 0 Å². The van der Waals surface area contributed by atoms with Crippen LogP contribution in [0.4, 0.5) is 0 Å². The summed E-state index contributed by atoms with van der Waals surface area (Å²) >= 11 is 0. The first-order chi connectivity index (χ1) is 16.8. The molecule has 2 aromatic rings. The average molecular weight is 479 g/mol. The summed E-state index contributed by atoms with van der Waals surface area (Å²) in [7, 11) is 0. The molecule has 0 spiro atoms. The first kappa shape index (κ1) is 24.9. The summed E-state index contributed by atoms with van der Waals surface area (Å²) < 4.78 is 11.2. The van der Waals surface area contributed by atoms with Gasteiger partial charge in [0, 0.05) is 31.7 Å². The van der Waals surface area contributed by atoms with Crippen molar-refractivity contribution < 1.29 is 24.2 Å². The highest BCUT2D eigenvalue weighted by Crippen LogP contribution is 2.40. The Bertz CT molecular complexity index is 1070. The Kier molecular flexibility index (Phi) is 7.88. The highest BCUT2D eigenvalue weighted by atomic mass is 16.5. The fourth-order valence-corrected chi connectivity index (χ4v) is 4.61. The van der Waals surface area contributed by atoms with Gasteiger partial charge in [-0.3, -0.25) is 14.5 Å². The Balaban J connectivity index is 1.66. The number of aliphatic hydroxyl groups is 1. The molecule has 1 N–H and O–H groups in total. The second-order valence-corrected chi connectivity index (χ2v) is 9.40. The molecule has 0 aliphatic carbocycles. The Labute approximate surface area is 206 Å². The van der Waals surface area contributed by atoms with E-state index in [4.69, 9.17) is 9.47 Å². The number of likely N-dealkylation sites (tertiary alicyclic amines) is 1. The molecule has 2 saturated heterocycles. The lowest BCUT2D eigenvalue weighted by Gasteiger charge is -2.29. The molecule has 0 aromatic heterocycles. The van der Waals surface area contributed by atoms with Crippen molar-refractivity contribution >= 4 is 17.4 Å². The predicted octanol–water partition coefficient (Wildman–Crippen LogP) is 3.93. The molecule has 7 nitrogen and oxygen atoms in total. The Morgan fingerprint density at radius 2 is 1.69 bits per heavy atom. The number of morpholine rings is 1. The minimum absolute atomic E-state index is 0.0354. The molecule has 2 aromatic carbocycles. The molecule has 0 radical (unpaired) electrons.